The van der Waals surface area contributed by atoms with Crippen LogP contribution >= 0.6 is 10.6 Å². The van der Waals surface area contributed by atoms with Gasteiger partial charge in [0.05, 0.1) is 24.1 Å². The predicted octanol–water partition coefficient (Wildman–Crippen LogP) is 4.81. The smallest absolute Gasteiger partial charge is 0.160 e. The fraction of sp³-hybridized carbons (Fsp3) is 0.417. The molecule has 5 rings (SSSR count). The van der Waals surface area contributed by atoms with Crippen LogP contribution in [0.25, 0.3) is 11.0 Å². The van der Waals surface area contributed by atoms with E-state index in [2.05, 4.69) is 25.3 Å². The normalized spacial score (nSPS) is 24.0. The van der Waals surface area contributed by atoms with Crippen LogP contribution in [0.1, 0.15) is 39.2 Å². The van der Waals surface area contributed by atoms with Gasteiger partial charge < -0.3 is 15.8 Å². The second-order valence-electron chi connectivity index (χ2n) is 9.93. The Morgan fingerprint density at radius 2 is 1.94 bits per heavy atom. The van der Waals surface area contributed by atoms with Crippen molar-refractivity contribution >= 4 is 39.0 Å². The number of hydrogen-bond acceptors (Lipinski definition) is 9. The second-order valence-corrected chi connectivity index (χ2v) is 12.6. The molecule has 1 atom stereocenters. The van der Waals surface area contributed by atoms with E-state index in [1.807, 2.05) is 6.07 Å². The van der Waals surface area contributed by atoms with Crippen LogP contribution in [0.4, 0.5) is 15.9 Å². The molecule has 1 saturated carbocycles. The summed E-state index contributed by atoms with van der Waals surface area (Å²) in [6.07, 6.45) is 5.46. The van der Waals surface area contributed by atoms with Crippen LogP contribution in [-0.4, -0.2) is 47.0 Å². The molecule has 5 N–H and O–H groups in total. The van der Waals surface area contributed by atoms with Crippen molar-refractivity contribution in [2.24, 2.45) is 16.6 Å². The number of halogens is 1. The van der Waals surface area contributed by atoms with Crippen LogP contribution < -0.4 is 15.8 Å². The molecule has 0 radical (unpaired) electrons. The number of hydrogen-bond donors (Lipinski definition) is 4. The quantitative estimate of drug-likeness (QED) is 0.378. The van der Waals surface area contributed by atoms with Gasteiger partial charge >= 0.3 is 0 Å². The van der Waals surface area contributed by atoms with Crippen molar-refractivity contribution in [2.75, 3.05) is 17.7 Å². The first-order chi connectivity index (χ1) is 16.5. The van der Waals surface area contributed by atoms with Gasteiger partial charge in [-0.05, 0) is 57.7 Å². The van der Waals surface area contributed by atoms with Gasteiger partial charge in [-0.3, -0.25) is 14.1 Å². The molecule has 0 unspecified atom stereocenters. The summed E-state index contributed by atoms with van der Waals surface area (Å²) in [5.41, 5.74) is 6.75. The molecule has 35 heavy (non-hydrogen) atoms. The molecule has 9 nitrogen and oxygen atoms in total. The van der Waals surface area contributed by atoms with E-state index in [1.165, 1.54) is 25.2 Å². The first kappa shape index (κ1) is 23.7. The third-order valence-corrected chi connectivity index (χ3v) is 9.53. The van der Waals surface area contributed by atoms with Crippen LogP contribution in [-0.2, 0) is 5.54 Å². The molecular formula is C24H29FN6O3S. The summed E-state index contributed by atoms with van der Waals surface area (Å²) in [5, 5.41) is 3.18. The molecule has 1 aromatic carbocycles. The zero-order valence-corrected chi connectivity index (χ0v) is 20.6. The zero-order valence-electron chi connectivity index (χ0n) is 19.8. The third kappa shape index (κ3) is 4.39. The number of nitrogens with one attached hydrogen (secondary N) is 1. The number of rotatable bonds is 6. The third-order valence-electron chi connectivity index (χ3n) is 6.73. The molecular weight excluding hydrogens is 471 g/mol. The summed E-state index contributed by atoms with van der Waals surface area (Å²) < 4.78 is 41.3. The van der Waals surface area contributed by atoms with E-state index < -0.39 is 26.7 Å². The molecule has 0 saturated heterocycles. The maximum Gasteiger partial charge on any atom is 0.160 e. The molecule has 0 amide bonds. The summed E-state index contributed by atoms with van der Waals surface area (Å²) in [7, 11) is -3.18. The van der Waals surface area contributed by atoms with E-state index >= 15 is 0 Å². The van der Waals surface area contributed by atoms with E-state index in [1.54, 1.807) is 39.1 Å². The highest BCUT2D eigenvalue weighted by Gasteiger charge is 2.49. The largest absolute Gasteiger partial charge is 0.492 e. The number of fused-ring (bicyclic) bond motifs is 1. The predicted molar refractivity (Wildman–Crippen MR) is 136 cm³/mol. The molecule has 3 heterocycles. The number of aromatic nitrogens is 3. The van der Waals surface area contributed by atoms with E-state index in [0.29, 0.717) is 40.8 Å². The Kier molecular flexibility index (Phi) is 5.61. The number of benzene rings is 1. The van der Waals surface area contributed by atoms with Gasteiger partial charge in [-0.1, -0.05) is 0 Å². The van der Waals surface area contributed by atoms with Gasteiger partial charge in [-0.2, -0.15) is 10.6 Å². The number of nitrogens with two attached hydrogens (primary N) is 1. The number of nitrogens with zero attached hydrogens (tertiary/aromatic N) is 4. The van der Waals surface area contributed by atoms with Gasteiger partial charge in [0, 0.05) is 17.3 Å². The van der Waals surface area contributed by atoms with Crippen molar-refractivity contribution in [1.29, 1.82) is 0 Å². The number of anilines is 2. The molecule has 1 fully saturated rings. The summed E-state index contributed by atoms with van der Waals surface area (Å²) in [6.45, 7) is 5.58. The minimum atomic E-state index is -3.18. The molecule has 11 heteroatoms. The number of pyridine rings is 1. The van der Waals surface area contributed by atoms with Crippen LogP contribution in [0.5, 0.6) is 5.75 Å². The van der Waals surface area contributed by atoms with Gasteiger partial charge in [-0.25, -0.2) is 19.3 Å². The van der Waals surface area contributed by atoms with Crippen LogP contribution in [0.2, 0.25) is 0 Å². The molecule has 1 aliphatic heterocycles. The summed E-state index contributed by atoms with van der Waals surface area (Å²) in [6, 6.07) is 6.28. The van der Waals surface area contributed by atoms with E-state index in [4.69, 9.17) is 10.5 Å². The minimum Gasteiger partial charge on any atom is -0.492 e. The highest BCUT2D eigenvalue weighted by atomic mass is 32.3. The SMILES string of the molecule is CC1(C)C(N)=N[C@](C)(c2cc(Nc3ncnc4cc(OCC5CC5)cnc34)ccc2F)CS1(O)O. The molecule has 1 aliphatic carbocycles. The lowest BCUT2D eigenvalue weighted by atomic mass is 9.92. The van der Waals surface area contributed by atoms with Gasteiger partial charge in [0.1, 0.15) is 39.5 Å². The topological polar surface area (TPSA) is 139 Å². The molecule has 0 spiro atoms. The maximum atomic E-state index is 15.0. The maximum absolute atomic E-state index is 15.0. The first-order valence-electron chi connectivity index (χ1n) is 11.4. The monoisotopic (exact) mass is 500 g/mol. The van der Waals surface area contributed by atoms with Gasteiger partial charge in [-0.15, -0.1) is 0 Å². The standard InChI is InChI=1S/C24H29FN6O3S/c1-23(2)22(26)31-24(3,12-35(23,32)33)17-8-15(6-7-18(17)25)30-21-20-19(28-13-29-21)9-16(10-27-20)34-11-14-4-5-14/h6-10,13-14,32-33H,4-5,11-12H2,1-3H3,(H2,26,31)(H,28,29,30)/t24-/m0/s1. The average Bonchev–Trinajstić information content (AvgIpc) is 3.62. The highest BCUT2D eigenvalue weighted by Crippen LogP contribution is 2.59. The summed E-state index contributed by atoms with van der Waals surface area (Å²) in [5.74, 6) is 1.14. The number of amidine groups is 1. The van der Waals surface area contributed by atoms with E-state index in [-0.39, 0.29) is 17.2 Å². The Bertz CT molecular complexity index is 1330. The Labute approximate surface area is 204 Å². The molecule has 3 aromatic rings. The van der Waals surface area contributed by atoms with Gasteiger partial charge in [0.25, 0.3) is 0 Å². The van der Waals surface area contributed by atoms with Gasteiger partial charge in [0.15, 0.2) is 5.82 Å². The van der Waals surface area contributed by atoms with Crippen molar-refractivity contribution in [3.05, 3.63) is 48.2 Å². The van der Waals surface area contributed by atoms with Crippen LogP contribution in [0.3, 0.4) is 0 Å². The van der Waals surface area contributed by atoms with E-state index in [9.17, 15) is 13.5 Å². The number of ether oxygens (including phenoxy) is 1. The Morgan fingerprint density at radius 1 is 1.17 bits per heavy atom. The Hall–Kier alpha value is -3.02. The lowest BCUT2D eigenvalue weighted by molar-refractivity contribution is 0.299. The lowest BCUT2D eigenvalue weighted by Crippen LogP contribution is -2.52. The van der Waals surface area contributed by atoms with Crippen LogP contribution in [0.15, 0.2) is 41.8 Å². The lowest BCUT2D eigenvalue weighted by Gasteiger charge is -2.53. The zero-order chi connectivity index (χ0) is 25.0. The number of aliphatic imine (C=N–C) groups is 1. The molecule has 186 valence electrons. The highest BCUT2D eigenvalue weighted by molar-refractivity contribution is 8.26. The van der Waals surface area contributed by atoms with Crippen molar-refractivity contribution in [2.45, 2.75) is 43.9 Å². The summed E-state index contributed by atoms with van der Waals surface area (Å²) >= 11 is 0. The molecule has 0 bridgehead atoms. The fourth-order valence-corrected chi connectivity index (χ4v) is 5.80. The van der Waals surface area contributed by atoms with Gasteiger partial charge in [0.2, 0.25) is 0 Å². The average molecular weight is 501 g/mol. The van der Waals surface area contributed by atoms with Crippen molar-refractivity contribution < 1.29 is 18.2 Å². The Morgan fingerprint density at radius 3 is 2.66 bits per heavy atom. The fourth-order valence-electron chi connectivity index (χ4n) is 4.06. The first-order valence-corrected chi connectivity index (χ1v) is 13.1. The molecule has 2 aliphatic rings. The summed E-state index contributed by atoms with van der Waals surface area (Å²) in [4.78, 5) is 17.6. The van der Waals surface area contributed by atoms with E-state index in [0.717, 1.165) is 0 Å². The van der Waals surface area contributed by atoms with Crippen molar-refractivity contribution in [3.8, 4) is 5.75 Å². The van der Waals surface area contributed by atoms with Crippen LogP contribution in [0, 0.1) is 11.7 Å². The molecule has 2 aromatic heterocycles. The second kappa shape index (κ2) is 8.28. The van der Waals surface area contributed by atoms with Crippen molar-refractivity contribution in [3.63, 3.8) is 0 Å². The van der Waals surface area contributed by atoms with Crippen molar-refractivity contribution in [1.82, 2.24) is 15.0 Å². The Balaban J connectivity index is 1.46. The minimum absolute atomic E-state index is 0.0784.